The molecular weight excluding hydrogens is 539 g/mol. The quantitative estimate of drug-likeness (QED) is 0.228. The summed E-state index contributed by atoms with van der Waals surface area (Å²) in [6, 6.07) is 23.2. The van der Waals surface area contributed by atoms with Crippen LogP contribution in [0.2, 0.25) is 0 Å². The SMILES string of the molecule is c1ccc(C2CC3C4CCCCC4C4CCCC5C6CC(c7cccc8c7sc7ccccc78)CCC6C(C2)C3C45)nc1. The number of thiophene rings is 1. The van der Waals surface area contributed by atoms with Gasteiger partial charge < -0.3 is 0 Å². The van der Waals surface area contributed by atoms with Gasteiger partial charge in [0.05, 0.1) is 0 Å². The minimum absolute atomic E-state index is 0.692. The van der Waals surface area contributed by atoms with Crippen molar-refractivity contribution >= 4 is 31.5 Å². The van der Waals surface area contributed by atoms with E-state index in [2.05, 4.69) is 78.2 Å². The molecule has 2 heteroatoms. The van der Waals surface area contributed by atoms with Crippen LogP contribution in [0.3, 0.4) is 0 Å². The lowest BCUT2D eigenvalue weighted by molar-refractivity contribution is -0.191. The van der Waals surface area contributed by atoms with E-state index in [0.29, 0.717) is 5.92 Å². The van der Waals surface area contributed by atoms with Gasteiger partial charge in [0.15, 0.2) is 0 Å². The molecule has 0 N–H and O–H groups in total. The maximum atomic E-state index is 5.01. The van der Waals surface area contributed by atoms with Gasteiger partial charge in [-0.25, -0.2) is 0 Å². The maximum absolute atomic E-state index is 5.01. The molecule has 2 aromatic carbocycles. The molecule has 6 fully saturated rings. The summed E-state index contributed by atoms with van der Waals surface area (Å²) in [6.45, 7) is 0. The van der Waals surface area contributed by atoms with Crippen molar-refractivity contribution in [2.75, 3.05) is 0 Å². The molecule has 12 atom stereocenters. The molecule has 6 aliphatic carbocycles. The fraction of sp³-hybridized carbons (Fsp3) is 0.585. The number of aromatic nitrogens is 1. The molecule has 2 aromatic heterocycles. The monoisotopic (exact) mass is 585 g/mol. The van der Waals surface area contributed by atoms with E-state index >= 15 is 0 Å². The second-order valence-corrected chi connectivity index (χ2v) is 17.0. The molecule has 12 unspecified atom stereocenters. The summed E-state index contributed by atoms with van der Waals surface area (Å²) in [5.41, 5.74) is 3.11. The predicted molar refractivity (Wildman–Crippen MR) is 179 cm³/mol. The van der Waals surface area contributed by atoms with E-state index in [9.17, 15) is 0 Å². The Morgan fingerprint density at radius 2 is 1.19 bits per heavy atom. The van der Waals surface area contributed by atoms with Crippen molar-refractivity contribution in [2.45, 2.75) is 88.9 Å². The molecule has 43 heavy (non-hydrogen) atoms. The van der Waals surface area contributed by atoms with Gasteiger partial charge in [-0.05, 0) is 147 Å². The lowest BCUT2D eigenvalue weighted by atomic mass is 9.37. The standard InChI is InChI=1S/C41H47NS/c1-2-10-28-27(9-1)31-13-8-14-32-34-21-24(26-12-7-15-33-30-11-3-4-17-38(30)43-41(26)33)18-19-29(34)36-23-25(37-16-5-6-20-42-37)22-35(28)40(36)39(31)32/h3-7,11-12,15-17,20,24-25,27-29,31-32,34-36,39-40H,1-2,8-10,13-14,18-19,21-23H2. The van der Waals surface area contributed by atoms with E-state index < -0.39 is 0 Å². The highest BCUT2D eigenvalue weighted by atomic mass is 32.1. The summed E-state index contributed by atoms with van der Waals surface area (Å²) in [5, 5.41) is 2.97. The maximum Gasteiger partial charge on any atom is 0.0434 e. The van der Waals surface area contributed by atoms with E-state index in [4.69, 9.17) is 4.98 Å². The van der Waals surface area contributed by atoms with E-state index in [1.54, 1.807) is 29.5 Å². The largest absolute Gasteiger partial charge is 0.261 e. The second kappa shape index (κ2) is 10.2. The first-order valence-corrected chi connectivity index (χ1v) is 19.0. The average Bonchev–Trinajstić information content (AvgIpc) is 3.47. The van der Waals surface area contributed by atoms with Gasteiger partial charge in [-0.1, -0.05) is 61.7 Å². The van der Waals surface area contributed by atoms with Gasteiger partial charge in [0.25, 0.3) is 0 Å². The molecule has 2 heterocycles. The topological polar surface area (TPSA) is 12.9 Å². The van der Waals surface area contributed by atoms with Gasteiger partial charge in [0.2, 0.25) is 0 Å². The van der Waals surface area contributed by atoms with E-state index in [1.165, 1.54) is 79.0 Å². The lowest BCUT2D eigenvalue weighted by Gasteiger charge is -2.68. The molecule has 6 saturated carbocycles. The van der Waals surface area contributed by atoms with E-state index in [0.717, 1.165) is 65.1 Å². The van der Waals surface area contributed by atoms with Crippen LogP contribution in [-0.2, 0) is 0 Å². The Labute approximate surface area is 261 Å². The Kier molecular flexibility index (Phi) is 6.16. The van der Waals surface area contributed by atoms with Crippen molar-refractivity contribution in [3.63, 3.8) is 0 Å². The van der Waals surface area contributed by atoms with E-state index in [1.807, 2.05) is 0 Å². The van der Waals surface area contributed by atoms with Crippen LogP contribution in [0.4, 0.5) is 0 Å². The average molecular weight is 586 g/mol. The zero-order valence-corrected chi connectivity index (χ0v) is 26.4. The molecule has 10 rings (SSSR count). The zero-order chi connectivity index (χ0) is 28.1. The predicted octanol–water partition coefficient (Wildman–Crippen LogP) is 11.2. The molecule has 1 nitrogen and oxygen atoms in total. The highest BCUT2D eigenvalue weighted by Gasteiger charge is 2.63. The normalized spacial score (nSPS) is 41.8. The number of rotatable bonds is 2. The first-order valence-electron chi connectivity index (χ1n) is 18.1. The highest BCUT2D eigenvalue weighted by molar-refractivity contribution is 7.26. The molecule has 0 spiro atoms. The third-order valence-electron chi connectivity index (χ3n) is 14.6. The van der Waals surface area contributed by atoms with Crippen LogP contribution in [0.1, 0.15) is 100 Å². The first kappa shape index (κ1) is 26.1. The summed E-state index contributed by atoms with van der Waals surface area (Å²) in [6.07, 6.45) is 20.0. The van der Waals surface area contributed by atoms with Crippen molar-refractivity contribution < 1.29 is 0 Å². The van der Waals surface area contributed by atoms with Gasteiger partial charge >= 0.3 is 0 Å². The summed E-state index contributed by atoms with van der Waals surface area (Å²) < 4.78 is 3.06. The van der Waals surface area contributed by atoms with E-state index in [-0.39, 0.29) is 0 Å². The van der Waals surface area contributed by atoms with Crippen LogP contribution in [0.25, 0.3) is 20.2 Å². The van der Waals surface area contributed by atoms with Crippen LogP contribution >= 0.6 is 11.3 Å². The van der Waals surface area contributed by atoms with Gasteiger partial charge in [0, 0.05) is 38.0 Å². The van der Waals surface area contributed by atoms with Crippen LogP contribution in [0.5, 0.6) is 0 Å². The molecule has 0 saturated heterocycles. The molecule has 0 radical (unpaired) electrons. The number of fused-ring (bicyclic) bond motifs is 9. The Hall–Kier alpha value is -2.19. The van der Waals surface area contributed by atoms with Crippen molar-refractivity contribution in [3.05, 3.63) is 78.1 Å². The van der Waals surface area contributed by atoms with Crippen molar-refractivity contribution in [1.82, 2.24) is 4.98 Å². The van der Waals surface area contributed by atoms with Gasteiger partial charge in [-0.3, -0.25) is 4.98 Å². The summed E-state index contributed by atoms with van der Waals surface area (Å²) in [5.74, 6) is 11.4. The fourth-order valence-corrected chi connectivity index (χ4v) is 14.8. The van der Waals surface area contributed by atoms with Gasteiger partial charge in [0.1, 0.15) is 0 Å². The minimum atomic E-state index is 0.692. The number of hydrogen-bond acceptors (Lipinski definition) is 2. The van der Waals surface area contributed by atoms with Crippen molar-refractivity contribution in [3.8, 4) is 0 Å². The number of hydrogen-bond donors (Lipinski definition) is 0. The van der Waals surface area contributed by atoms with Gasteiger partial charge in [-0.15, -0.1) is 11.3 Å². The molecular formula is C41H47NS. The zero-order valence-electron chi connectivity index (χ0n) is 25.6. The Morgan fingerprint density at radius 1 is 0.512 bits per heavy atom. The summed E-state index contributed by atoms with van der Waals surface area (Å²) in [4.78, 5) is 5.01. The molecule has 0 amide bonds. The molecule has 4 aromatic rings. The summed E-state index contributed by atoms with van der Waals surface area (Å²) in [7, 11) is 0. The Bertz CT molecular complexity index is 1640. The molecule has 222 valence electrons. The Morgan fingerprint density at radius 3 is 2.02 bits per heavy atom. The minimum Gasteiger partial charge on any atom is -0.261 e. The third-order valence-corrected chi connectivity index (χ3v) is 15.9. The number of benzene rings is 2. The van der Waals surface area contributed by atoms with Crippen molar-refractivity contribution in [2.24, 2.45) is 59.2 Å². The van der Waals surface area contributed by atoms with Crippen molar-refractivity contribution in [1.29, 1.82) is 0 Å². The second-order valence-electron chi connectivity index (χ2n) is 15.9. The van der Waals surface area contributed by atoms with Crippen LogP contribution in [0, 0.1) is 59.2 Å². The smallest absolute Gasteiger partial charge is 0.0434 e. The lowest BCUT2D eigenvalue weighted by Crippen LogP contribution is -2.62. The third kappa shape index (κ3) is 3.90. The summed E-state index contributed by atoms with van der Waals surface area (Å²) >= 11 is 2.07. The first-order chi connectivity index (χ1) is 21.3. The van der Waals surface area contributed by atoms with Crippen LogP contribution in [0.15, 0.2) is 66.9 Å². The highest BCUT2D eigenvalue weighted by Crippen LogP contribution is 2.70. The fourth-order valence-electron chi connectivity index (χ4n) is 13.5. The van der Waals surface area contributed by atoms with Crippen LogP contribution in [-0.4, -0.2) is 4.98 Å². The Balaban J connectivity index is 1.05. The molecule has 0 bridgehead atoms. The molecule has 0 aliphatic heterocycles. The van der Waals surface area contributed by atoms with Gasteiger partial charge in [-0.2, -0.15) is 0 Å². The number of nitrogens with zero attached hydrogens (tertiary/aromatic N) is 1. The number of pyridine rings is 1. The van der Waals surface area contributed by atoms with Crippen LogP contribution < -0.4 is 0 Å². The molecule has 6 aliphatic rings.